The lowest BCUT2D eigenvalue weighted by Crippen LogP contribution is -2.42. The fraction of sp³-hybridized carbons (Fsp3) is 0.533. The number of fused-ring (bicyclic) bond motifs is 1. The van der Waals surface area contributed by atoms with E-state index in [0.717, 1.165) is 32.4 Å². The molecule has 1 atom stereocenters. The van der Waals surface area contributed by atoms with Gasteiger partial charge in [-0.1, -0.05) is 18.2 Å². The fourth-order valence-electron chi connectivity index (χ4n) is 2.47. The summed E-state index contributed by atoms with van der Waals surface area (Å²) in [6.07, 6.45) is 3.37. The van der Waals surface area contributed by atoms with Gasteiger partial charge in [-0.15, -0.1) is 0 Å². The minimum Gasteiger partial charge on any atom is -0.384 e. The highest BCUT2D eigenvalue weighted by molar-refractivity contribution is 5.81. The molecule has 3 N–H and O–H groups in total. The average Bonchev–Trinajstić information content (AvgIpc) is 3.09. The molecular formula is C15H21N3O. The molecule has 1 heterocycles. The second-order valence-electron chi connectivity index (χ2n) is 5.51. The molecule has 1 aromatic rings. The van der Waals surface area contributed by atoms with Crippen molar-refractivity contribution in [3.63, 3.8) is 0 Å². The number of benzene rings is 1. The molecule has 1 aromatic carbocycles. The third-order valence-corrected chi connectivity index (χ3v) is 3.85. The predicted octanol–water partition coefficient (Wildman–Crippen LogP) is 1.41. The maximum Gasteiger partial charge on any atom is 0.237 e. The molecule has 2 aliphatic rings. The Kier molecular flexibility index (Phi) is 3.42. The highest BCUT2D eigenvalue weighted by Gasteiger charge is 2.25. The van der Waals surface area contributed by atoms with E-state index in [4.69, 9.17) is 0 Å². The van der Waals surface area contributed by atoms with E-state index in [9.17, 15) is 4.79 Å². The molecule has 4 heteroatoms. The maximum atomic E-state index is 11.9. The first-order chi connectivity index (χ1) is 9.24. The number of amides is 1. The topological polar surface area (TPSA) is 53.2 Å². The number of hydrogen-bond acceptors (Lipinski definition) is 3. The summed E-state index contributed by atoms with van der Waals surface area (Å²) in [5.41, 5.74) is 3.89. The lowest BCUT2D eigenvalue weighted by molar-refractivity contribution is -0.122. The van der Waals surface area contributed by atoms with Gasteiger partial charge in [0.25, 0.3) is 0 Å². The van der Waals surface area contributed by atoms with Gasteiger partial charge in [-0.2, -0.15) is 0 Å². The van der Waals surface area contributed by atoms with Gasteiger partial charge in [0, 0.05) is 24.8 Å². The van der Waals surface area contributed by atoms with Crippen LogP contribution in [0.2, 0.25) is 0 Å². The largest absolute Gasteiger partial charge is 0.384 e. The van der Waals surface area contributed by atoms with Gasteiger partial charge in [0.05, 0.1) is 6.04 Å². The molecule has 3 rings (SSSR count). The van der Waals surface area contributed by atoms with E-state index in [1.165, 1.54) is 16.8 Å². The Hall–Kier alpha value is -1.55. The smallest absolute Gasteiger partial charge is 0.237 e. The molecule has 1 aliphatic carbocycles. The molecule has 0 aromatic heterocycles. The van der Waals surface area contributed by atoms with Crippen LogP contribution in [0, 0.1) is 0 Å². The SMILES string of the molecule is CC(NCc1cccc2c1NCC2)C(=O)NC1CC1. The van der Waals surface area contributed by atoms with Crippen molar-refractivity contribution >= 4 is 11.6 Å². The van der Waals surface area contributed by atoms with Crippen LogP contribution >= 0.6 is 0 Å². The highest BCUT2D eigenvalue weighted by Crippen LogP contribution is 2.26. The number of nitrogens with one attached hydrogen (secondary N) is 3. The average molecular weight is 259 g/mol. The summed E-state index contributed by atoms with van der Waals surface area (Å²) in [4.78, 5) is 11.9. The molecule has 102 valence electrons. The van der Waals surface area contributed by atoms with Crippen molar-refractivity contribution in [2.45, 2.75) is 44.8 Å². The number of para-hydroxylation sites is 1. The van der Waals surface area contributed by atoms with E-state index in [-0.39, 0.29) is 11.9 Å². The van der Waals surface area contributed by atoms with E-state index in [0.29, 0.717) is 6.04 Å². The molecule has 0 bridgehead atoms. The van der Waals surface area contributed by atoms with Crippen LogP contribution in [0.25, 0.3) is 0 Å². The molecule has 0 saturated heterocycles. The van der Waals surface area contributed by atoms with Crippen molar-refractivity contribution in [2.75, 3.05) is 11.9 Å². The minimum absolute atomic E-state index is 0.114. The van der Waals surface area contributed by atoms with Gasteiger partial charge in [-0.05, 0) is 37.3 Å². The molecule has 1 unspecified atom stereocenters. The predicted molar refractivity (Wildman–Crippen MR) is 76.1 cm³/mol. The summed E-state index contributed by atoms with van der Waals surface area (Å²) < 4.78 is 0. The van der Waals surface area contributed by atoms with Gasteiger partial charge in [-0.25, -0.2) is 0 Å². The summed E-state index contributed by atoms with van der Waals surface area (Å²) in [5, 5.41) is 9.76. The third-order valence-electron chi connectivity index (χ3n) is 3.85. The minimum atomic E-state index is -0.141. The van der Waals surface area contributed by atoms with Crippen molar-refractivity contribution in [3.8, 4) is 0 Å². The zero-order valence-electron chi connectivity index (χ0n) is 11.3. The summed E-state index contributed by atoms with van der Waals surface area (Å²) >= 11 is 0. The molecule has 19 heavy (non-hydrogen) atoms. The number of carbonyl (C=O) groups excluding carboxylic acids is 1. The quantitative estimate of drug-likeness (QED) is 0.749. The molecule has 0 radical (unpaired) electrons. The number of hydrogen-bond donors (Lipinski definition) is 3. The van der Waals surface area contributed by atoms with Crippen molar-refractivity contribution in [1.29, 1.82) is 0 Å². The second-order valence-corrected chi connectivity index (χ2v) is 5.51. The van der Waals surface area contributed by atoms with E-state index in [1.54, 1.807) is 0 Å². The fourth-order valence-corrected chi connectivity index (χ4v) is 2.47. The first-order valence-electron chi connectivity index (χ1n) is 7.12. The molecule has 1 aliphatic heterocycles. The van der Waals surface area contributed by atoms with Crippen LogP contribution in [0.4, 0.5) is 5.69 Å². The van der Waals surface area contributed by atoms with E-state index >= 15 is 0 Å². The van der Waals surface area contributed by atoms with Crippen molar-refractivity contribution in [3.05, 3.63) is 29.3 Å². The molecular weight excluding hydrogens is 238 g/mol. The van der Waals surface area contributed by atoms with Crippen molar-refractivity contribution in [1.82, 2.24) is 10.6 Å². The third kappa shape index (κ3) is 2.89. The zero-order valence-corrected chi connectivity index (χ0v) is 11.3. The van der Waals surface area contributed by atoms with Gasteiger partial charge in [0.2, 0.25) is 5.91 Å². The Labute approximate surface area is 114 Å². The second kappa shape index (κ2) is 5.21. The van der Waals surface area contributed by atoms with Gasteiger partial charge in [0.15, 0.2) is 0 Å². The Morgan fingerprint density at radius 1 is 1.47 bits per heavy atom. The molecule has 1 fully saturated rings. The first kappa shape index (κ1) is 12.5. The van der Waals surface area contributed by atoms with Crippen LogP contribution in [0.1, 0.15) is 30.9 Å². The lowest BCUT2D eigenvalue weighted by Gasteiger charge is -2.15. The summed E-state index contributed by atoms with van der Waals surface area (Å²) in [6.45, 7) is 3.67. The Bertz CT molecular complexity index is 482. The van der Waals surface area contributed by atoms with Gasteiger partial charge >= 0.3 is 0 Å². The lowest BCUT2D eigenvalue weighted by atomic mass is 10.1. The number of anilines is 1. The van der Waals surface area contributed by atoms with Crippen LogP contribution in [-0.2, 0) is 17.8 Å². The monoisotopic (exact) mass is 259 g/mol. The summed E-state index contributed by atoms with van der Waals surface area (Å²) in [5.74, 6) is 0.114. The molecule has 0 spiro atoms. The Balaban J connectivity index is 1.56. The van der Waals surface area contributed by atoms with E-state index in [1.807, 2.05) is 6.92 Å². The highest BCUT2D eigenvalue weighted by atomic mass is 16.2. The van der Waals surface area contributed by atoms with Gasteiger partial charge in [-0.3, -0.25) is 4.79 Å². The van der Waals surface area contributed by atoms with Gasteiger partial charge < -0.3 is 16.0 Å². The van der Waals surface area contributed by atoms with Gasteiger partial charge in [0.1, 0.15) is 0 Å². The summed E-state index contributed by atoms with van der Waals surface area (Å²) in [6, 6.07) is 6.67. The normalized spacial score (nSPS) is 18.6. The molecule has 1 saturated carbocycles. The Morgan fingerprint density at radius 2 is 2.32 bits per heavy atom. The first-order valence-corrected chi connectivity index (χ1v) is 7.12. The maximum absolute atomic E-state index is 11.9. The molecule has 4 nitrogen and oxygen atoms in total. The Morgan fingerprint density at radius 3 is 3.11 bits per heavy atom. The summed E-state index contributed by atoms with van der Waals surface area (Å²) in [7, 11) is 0. The standard InChI is InChI=1S/C15H21N3O/c1-10(15(19)18-13-5-6-13)17-9-12-4-2-3-11-7-8-16-14(11)12/h2-4,10,13,16-17H,5-9H2,1H3,(H,18,19). The van der Waals surface area contributed by atoms with Crippen molar-refractivity contribution in [2.24, 2.45) is 0 Å². The molecule has 1 amide bonds. The van der Waals surface area contributed by atoms with Crippen LogP contribution in [0.5, 0.6) is 0 Å². The van der Waals surface area contributed by atoms with Crippen LogP contribution < -0.4 is 16.0 Å². The van der Waals surface area contributed by atoms with Crippen molar-refractivity contribution < 1.29 is 4.79 Å². The zero-order chi connectivity index (χ0) is 13.2. The van der Waals surface area contributed by atoms with Crippen LogP contribution in [0.15, 0.2) is 18.2 Å². The van der Waals surface area contributed by atoms with E-state index in [2.05, 4.69) is 34.1 Å². The van der Waals surface area contributed by atoms with Crippen LogP contribution in [0.3, 0.4) is 0 Å². The number of rotatable bonds is 5. The number of carbonyl (C=O) groups is 1. The van der Waals surface area contributed by atoms with Crippen LogP contribution in [-0.4, -0.2) is 24.5 Å². The van der Waals surface area contributed by atoms with E-state index < -0.39 is 0 Å².